The Morgan fingerprint density at radius 2 is 1.71 bits per heavy atom. The molecule has 0 heterocycles. The minimum Gasteiger partial charge on any atom is -0.320 e. The maximum Gasteiger partial charge on any atom is 0.403 e. The molecule has 1 aromatic carbocycles. The molecule has 0 aromatic heterocycles. The van der Waals surface area contributed by atoms with E-state index in [1.165, 1.54) is 12.1 Å². The van der Waals surface area contributed by atoms with Crippen molar-refractivity contribution in [3.8, 4) is 0 Å². The van der Waals surface area contributed by atoms with E-state index in [0.29, 0.717) is 10.6 Å². The van der Waals surface area contributed by atoms with Crippen LogP contribution in [0.2, 0.25) is 5.02 Å². The Balaban J connectivity index is 2.65. The second kappa shape index (κ2) is 4.19. The van der Waals surface area contributed by atoms with Gasteiger partial charge in [0.15, 0.2) is 0 Å². The second-order valence-corrected chi connectivity index (χ2v) is 3.42. The van der Waals surface area contributed by atoms with Gasteiger partial charge in [0.1, 0.15) is 6.04 Å². The first-order chi connectivity index (χ1) is 6.39. The van der Waals surface area contributed by atoms with Crippen molar-refractivity contribution in [1.29, 1.82) is 0 Å². The van der Waals surface area contributed by atoms with Gasteiger partial charge < -0.3 is 5.73 Å². The molecule has 0 amide bonds. The maximum absolute atomic E-state index is 12.1. The summed E-state index contributed by atoms with van der Waals surface area (Å²) in [6.07, 6.45) is -4.57. The molecule has 0 aliphatic carbocycles. The summed E-state index contributed by atoms with van der Waals surface area (Å²) < 4.78 is 36.2. The second-order valence-electron chi connectivity index (χ2n) is 2.98. The average molecular weight is 224 g/mol. The predicted molar refractivity (Wildman–Crippen MR) is 49.2 cm³/mol. The van der Waals surface area contributed by atoms with Crippen LogP contribution in [0.3, 0.4) is 0 Å². The third kappa shape index (κ3) is 3.20. The van der Waals surface area contributed by atoms with Crippen LogP contribution in [0, 0.1) is 0 Å². The third-order valence-corrected chi connectivity index (χ3v) is 2.04. The van der Waals surface area contributed by atoms with Gasteiger partial charge in [0.2, 0.25) is 0 Å². The van der Waals surface area contributed by atoms with E-state index in [2.05, 4.69) is 0 Å². The van der Waals surface area contributed by atoms with Crippen molar-refractivity contribution >= 4 is 11.6 Å². The molecule has 0 aliphatic heterocycles. The highest BCUT2D eigenvalue weighted by Crippen LogP contribution is 2.21. The van der Waals surface area contributed by atoms with Crippen molar-refractivity contribution in [3.05, 3.63) is 34.9 Å². The molecule has 0 aliphatic rings. The van der Waals surface area contributed by atoms with Gasteiger partial charge in [-0.1, -0.05) is 23.7 Å². The summed E-state index contributed by atoms with van der Waals surface area (Å²) in [5.74, 6) is 0. The zero-order valence-electron chi connectivity index (χ0n) is 7.18. The normalized spacial score (nSPS) is 14.1. The third-order valence-electron chi connectivity index (χ3n) is 1.79. The van der Waals surface area contributed by atoms with E-state index in [1.54, 1.807) is 12.1 Å². The monoisotopic (exact) mass is 223 g/mol. The van der Waals surface area contributed by atoms with Crippen LogP contribution in [0.1, 0.15) is 5.56 Å². The number of halogens is 4. The Labute approximate surface area is 84.7 Å². The molecule has 0 saturated carbocycles. The maximum atomic E-state index is 12.1. The van der Waals surface area contributed by atoms with Gasteiger partial charge in [-0.2, -0.15) is 13.2 Å². The van der Waals surface area contributed by atoms with E-state index in [-0.39, 0.29) is 6.42 Å². The van der Waals surface area contributed by atoms with Gasteiger partial charge in [-0.3, -0.25) is 0 Å². The zero-order valence-corrected chi connectivity index (χ0v) is 7.94. The quantitative estimate of drug-likeness (QED) is 0.820. The molecule has 2 N–H and O–H groups in total. The summed E-state index contributed by atoms with van der Waals surface area (Å²) in [5, 5.41) is 0.495. The van der Waals surface area contributed by atoms with Gasteiger partial charge in [0.05, 0.1) is 0 Å². The lowest BCUT2D eigenvalue weighted by molar-refractivity contribution is -0.147. The zero-order chi connectivity index (χ0) is 10.8. The summed E-state index contributed by atoms with van der Waals surface area (Å²) in [5.41, 5.74) is 5.49. The first-order valence-corrected chi connectivity index (χ1v) is 4.34. The van der Waals surface area contributed by atoms with Crippen molar-refractivity contribution in [2.24, 2.45) is 5.73 Å². The standard InChI is InChI=1S/C9H9ClF3N/c10-7-3-1-6(2-4-7)5-8(14)9(11,12)13/h1-4,8H,5,14H2/t8-/m0/s1. The van der Waals surface area contributed by atoms with Gasteiger partial charge in [-0.15, -0.1) is 0 Å². The molecule has 14 heavy (non-hydrogen) atoms. The molecular formula is C9H9ClF3N. The number of benzene rings is 1. The number of hydrogen-bond donors (Lipinski definition) is 1. The Bertz CT molecular complexity index is 294. The fraction of sp³-hybridized carbons (Fsp3) is 0.333. The number of rotatable bonds is 2. The molecule has 0 spiro atoms. The molecule has 1 nitrogen and oxygen atoms in total. The van der Waals surface area contributed by atoms with Gasteiger partial charge in [0.25, 0.3) is 0 Å². The topological polar surface area (TPSA) is 26.0 Å². The minimum atomic E-state index is -4.35. The van der Waals surface area contributed by atoms with Gasteiger partial charge >= 0.3 is 6.18 Å². The van der Waals surface area contributed by atoms with Gasteiger partial charge in [-0.25, -0.2) is 0 Å². The number of nitrogens with two attached hydrogens (primary N) is 1. The Kier molecular flexibility index (Phi) is 3.39. The van der Waals surface area contributed by atoms with Crippen LogP contribution in [0.5, 0.6) is 0 Å². The van der Waals surface area contributed by atoms with Gasteiger partial charge in [-0.05, 0) is 24.1 Å². The number of hydrogen-bond acceptors (Lipinski definition) is 1. The van der Waals surface area contributed by atoms with Crippen molar-refractivity contribution in [1.82, 2.24) is 0 Å². The summed E-state index contributed by atoms with van der Waals surface area (Å²) in [6.45, 7) is 0. The fourth-order valence-electron chi connectivity index (χ4n) is 0.990. The largest absolute Gasteiger partial charge is 0.403 e. The molecule has 0 unspecified atom stereocenters. The van der Waals surface area contributed by atoms with Crippen molar-refractivity contribution in [2.75, 3.05) is 0 Å². The van der Waals surface area contributed by atoms with Crippen LogP contribution >= 0.6 is 11.6 Å². The highest BCUT2D eigenvalue weighted by molar-refractivity contribution is 6.30. The fourth-order valence-corrected chi connectivity index (χ4v) is 1.12. The molecule has 0 saturated heterocycles. The first kappa shape index (κ1) is 11.3. The van der Waals surface area contributed by atoms with Crippen LogP contribution in [0.4, 0.5) is 13.2 Å². The lowest BCUT2D eigenvalue weighted by atomic mass is 10.1. The Hall–Kier alpha value is -0.740. The molecule has 0 fully saturated rings. The predicted octanol–water partition coefficient (Wildman–Crippen LogP) is 2.77. The van der Waals surface area contributed by atoms with Crippen LogP contribution in [0.25, 0.3) is 0 Å². The van der Waals surface area contributed by atoms with E-state index < -0.39 is 12.2 Å². The smallest absolute Gasteiger partial charge is 0.320 e. The SMILES string of the molecule is N[C@@H](Cc1ccc(Cl)cc1)C(F)(F)F. The average Bonchev–Trinajstić information content (AvgIpc) is 2.07. The van der Waals surface area contributed by atoms with E-state index in [0.717, 1.165) is 0 Å². The highest BCUT2D eigenvalue weighted by atomic mass is 35.5. The summed E-state index contributed by atoms with van der Waals surface area (Å²) in [7, 11) is 0. The molecule has 1 aromatic rings. The van der Waals surface area contributed by atoms with Crippen LogP contribution in [-0.4, -0.2) is 12.2 Å². The van der Waals surface area contributed by atoms with Gasteiger partial charge in [0, 0.05) is 5.02 Å². The lowest BCUT2D eigenvalue weighted by Gasteiger charge is -2.15. The van der Waals surface area contributed by atoms with E-state index >= 15 is 0 Å². The van der Waals surface area contributed by atoms with Crippen molar-refractivity contribution in [2.45, 2.75) is 18.6 Å². The van der Waals surface area contributed by atoms with Crippen LogP contribution < -0.4 is 5.73 Å². The van der Waals surface area contributed by atoms with Crippen molar-refractivity contribution in [3.63, 3.8) is 0 Å². The Morgan fingerprint density at radius 1 is 1.21 bits per heavy atom. The van der Waals surface area contributed by atoms with Crippen molar-refractivity contribution < 1.29 is 13.2 Å². The van der Waals surface area contributed by atoms with E-state index in [9.17, 15) is 13.2 Å². The molecular weight excluding hydrogens is 215 g/mol. The Morgan fingerprint density at radius 3 is 2.14 bits per heavy atom. The molecule has 1 rings (SSSR count). The highest BCUT2D eigenvalue weighted by Gasteiger charge is 2.36. The lowest BCUT2D eigenvalue weighted by Crippen LogP contribution is -2.39. The van der Waals surface area contributed by atoms with Crippen LogP contribution in [-0.2, 0) is 6.42 Å². The van der Waals surface area contributed by atoms with Crippen LogP contribution in [0.15, 0.2) is 24.3 Å². The summed E-state index contributed by atoms with van der Waals surface area (Å²) in [4.78, 5) is 0. The van der Waals surface area contributed by atoms with E-state index in [4.69, 9.17) is 17.3 Å². The molecule has 1 atom stereocenters. The number of alkyl halides is 3. The molecule has 0 radical (unpaired) electrons. The summed E-state index contributed by atoms with van der Waals surface area (Å²) in [6, 6.07) is 4.34. The minimum absolute atomic E-state index is 0.222. The molecule has 5 heteroatoms. The molecule has 78 valence electrons. The first-order valence-electron chi connectivity index (χ1n) is 3.96. The summed E-state index contributed by atoms with van der Waals surface area (Å²) >= 11 is 5.58. The molecule has 0 bridgehead atoms. The van der Waals surface area contributed by atoms with E-state index in [1.807, 2.05) is 0 Å².